The second kappa shape index (κ2) is 5.81. The first kappa shape index (κ1) is 14.2. The summed E-state index contributed by atoms with van der Waals surface area (Å²) in [6.07, 6.45) is 2.78. The maximum atomic E-state index is 12.0. The zero-order valence-electron chi connectivity index (χ0n) is 11.6. The van der Waals surface area contributed by atoms with Gasteiger partial charge in [0.1, 0.15) is 6.04 Å². The summed E-state index contributed by atoms with van der Waals surface area (Å²) < 4.78 is 0. The molecule has 1 heterocycles. The van der Waals surface area contributed by atoms with Gasteiger partial charge < -0.3 is 21.7 Å². The highest BCUT2D eigenvalue weighted by molar-refractivity contribution is 5.95. The van der Waals surface area contributed by atoms with Crippen molar-refractivity contribution in [3.8, 4) is 0 Å². The summed E-state index contributed by atoms with van der Waals surface area (Å²) in [5, 5.41) is 2.68. The fraction of sp³-hybridized carbons (Fsp3) is 0.429. The van der Waals surface area contributed by atoms with Crippen molar-refractivity contribution in [3.63, 3.8) is 0 Å². The van der Waals surface area contributed by atoms with E-state index in [9.17, 15) is 9.59 Å². The first-order chi connectivity index (χ1) is 9.54. The van der Waals surface area contributed by atoms with Crippen molar-refractivity contribution < 1.29 is 9.59 Å². The topological polar surface area (TPSA) is 101 Å². The maximum absolute atomic E-state index is 12.0. The van der Waals surface area contributed by atoms with Gasteiger partial charge in [-0.05, 0) is 37.5 Å². The number of likely N-dealkylation sites (N-methyl/N-ethyl adjacent to an activating group) is 1. The first-order valence-electron chi connectivity index (χ1n) is 6.72. The molecule has 6 heteroatoms. The van der Waals surface area contributed by atoms with Crippen LogP contribution in [-0.2, 0) is 4.79 Å². The highest BCUT2D eigenvalue weighted by Crippen LogP contribution is 2.30. The maximum Gasteiger partial charge on any atom is 0.248 e. The summed E-state index contributed by atoms with van der Waals surface area (Å²) in [6, 6.07) is 4.67. The molecule has 0 aliphatic carbocycles. The molecule has 20 heavy (non-hydrogen) atoms. The number of anilines is 2. The summed E-state index contributed by atoms with van der Waals surface area (Å²) in [5.41, 5.74) is 13.0. The molecule has 6 nitrogen and oxygen atoms in total. The Kier molecular flexibility index (Phi) is 4.12. The Balaban J connectivity index is 2.39. The number of nitrogens with one attached hydrogen (secondary N) is 1. The lowest BCUT2D eigenvalue weighted by Crippen LogP contribution is -2.49. The quantitative estimate of drug-likeness (QED) is 0.698. The molecule has 0 bridgehead atoms. The highest BCUT2D eigenvalue weighted by Gasteiger charge is 2.29. The van der Waals surface area contributed by atoms with Crippen LogP contribution in [0.1, 0.15) is 29.6 Å². The van der Waals surface area contributed by atoms with Gasteiger partial charge in [0.25, 0.3) is 0 Å². The van der Waals surface area contributed by atoms with Crippen LogP contribution >= 0.6 is 0 Å². The minimum atomic E-state index is -0.500. The van der Waals surface area contributed by atoms with Crippen LogP contribution in [0.4, 0.5) is 11.4 Å². The van der Waals surface area contributed by atoms with Gasteiger partial charge in [0.2, 0.25) is 11.8 Å². The summed E-state index contributed by atoms with van der Waals surface area (Å²) in [4.78, 5) is 25.3. The van der Waals surface area contributed by atoms with Crippen LogP contribution < -0.4 is 21.7 Å². The lowest BCUT2D eigenvalue weighted by atomic mass is 9.99. The van der Waals surface area contributed by atoms with Crippen molar-refractivity contribution in [2.24, 2.45) is 5.73 Å². The van der Waals surface area contributed by atoms with Crippen molar-refractivity contribution in [3.05, 3.63) is 23.8 Å². The number of carbonyl (C=O) groups excluding carboxylic acids is 2. The van der Waals surface area contributed by atoms with E-state index in [-0.39, 0.29) is 11.9 Å². The van der Waals surface area contributed by atoms with E-state index in [0.29, 0.717) is 16.9 Å². The molecule has 1 unspecified atom stereocenters. The summed E-state index contributed by atoms with van der Waals surface area (Å²) in [7, 11) is 1.62. The Labute approximate surface area is 118 Å². The van der Waals surface area contributed by atoms with Gasteiger partial charge in [-0.1, -0.05) is 0 Å². The van der Waals surface area contributed by atoms with Crippen molar-refractivity contribution in [1.82, 2.24) is 5.32 Å². The van der Waals surface area contributed by atoms with Crippen molar-refractivity contribution in [2.75, 3.05) is 24.2 Å². The monoisotopic (exact) mass is 276 g/mol. The summed E-state index contributed by atoms with van der Waals surface area (Å²) in [6.45, 7) is 0.741. The number of carbonyl (C=O) groups is 2. The number of nitrogens with zero attached hydrogens (tertiary/aromatic N) is 1. The number of amides is 2. The first-order valence-corrected chi connectivity index (χ1v) is 6.72. The van der Waals surface area contributed by atoms with Gasteiger partial charge in [-0.2, -0.15) is 0 Å². The van der Waals surface area contributed by atoms with E-state index in [0.717, 1.165) is 25.8 Å². The molecule has 0 saturated carbocycles. The molecule has 1 aromatic rings. The molecule has 0 radical (unpaired) electrons. The second-order valence-corrected chi connectivity index (χ2v) is 4.96. The summed E-state index contributed by atoms with van der Waals surface area (Å²) in [5.74, 6) is -0.534. The normalized spacial score (nSPS) is 18.6. The predicted octanol–water partition coefficient (Wildman–Crippen LogP) is 0.473. The van der Waals surface area contributed by atoms with Crippen LogP contribution in [-0.4, -0.2) is 31.4 Å². The molecule has 2 rings (SSSR count). The van der Waals surface area contributed by atoms with Gasteiger partial charge in [0.05, 0.1) is 11.4 Å². The van der Waals surface area contributed by atoms with E-state index in [1.54, 1.807) is 25.2 Å². The SMILES string of the molecule is CNC(=O)C1CCCCN1c1cc(C(N)=O)ccc1N. The number of piperidine rings is 1. The Morgan fingerprint density at radius 3 is 2.75 bits per heavy atom. The van der Waals surface area contributed by atoms with E-state index >= 15 is 0 Å². The van der Waals surface area contributed by atoms with Crippen LogP contribution in [0.5, 0.6) is 0 Å². The van der Waals surface area contributed by atoms with Gasteiger partial charge in [-0.3, -0.25) is 9.59 Å². The zero-order valence-corrected chi connectivity index (χ0v) is 11.6. The standard InChI is InChI=1S/C14H20N4O2/c1-17-14(20)11-4-2-3-7-18(11)12-8-9(13(16)19)5-6-10(12)15/h5-6,8,11H,2-4,7,15H2,1H3,(H2,16,19)(H,17,20). The van der Waals surface area contributed by atoms with Crippen molar-refractivity contribution >= 4 is 23.2 Å². The Morgan fingerprint density at radius 1 is 1.35 bits per heavy atom. The van der Waals surface area contributed by atoms with Gasteiger partial charge >= 0.3 is 0 Å². The van der Waals surface area contributed by atoms with Crippen LogP contribution in [0.2, 0.25) is 0 Å². The molecule has 1 aliphatic rings. The van der Waals surface area contributed by atoms with Crippen molar-refractivity contribution in [2.45, 2.75) is 25.3 Å². The minimum Gasteiger partial charge on any atom is -0.397 e. The molecule has 1 atom stereocenters. The fourth-order valence-corrected chi connectivity index (χ4v) is 2.60. The number of hydrogen-bond acceptors (Lipinski definition) is 4. The molecule has 0 aromatic heterocycles. The lowest BCUT2D eigenvalue weighted by Gasteiger charge is -2.37. The average molecular weight is 276 g/mol. The van der Waals surface area contributed by atoms with Crippen LogP contribution in [0.3, 0.4) is 0 Å². The molecule has 2 amide bonds. The van der Waals surface area contributed by atoms with Crippen molar-refractivity contribution in [1.29, 1.82) is 0 Å². The summed E-state index contributed by atoms with van der Waals surface area (Å²) >= 11 is 0. The van der Waals surface area contributed by atoms with Crippen LogP contribution in [0, 0.1) is 0 Å². The van der Waals surface area contributed by atoms with Gasteiger partial charge in [-0.25, -0.2) is 0 Å². The molecular formula is C14H20N4O2. The Hall–Kier alpha value is -2.24. The smallest absolute Gasteiger partial charge is 0.248 e. The van der Waals surface area contributed by atoms with E-state index in [2.05, 4.69) is 5.32 Å². The van der Waals surface area contributed by atoms with E-state index in [1.165, 1.54) is 0 Å². The number of nitrogens with two attached hydrogens (primary N) is 2. The second-order valence-electron chi connectivity index (χ2n) is 4.96. The minimum absolute atomic E-state index is 0.0337. The molecule has 1 fully saturated rings. The largest absolute Gasteiger partial charge is 0.397 e. The van der Waals surface area contributed by atoms with Crippen LogP contribution in [0.15, 0.2) is 18.2 Å². The third-order valence-electron chi connectivity index (χ3n) is 3.68. The molecule has 0 spiro atoms. The number of benzene rings is 1. The van der Waals surface area contributed by atoms with Gasteiger partial charge in [-0.15, -0.1) is 0 Å². The van der Waals surface area contributed by atoms with Gasteiger partial charge in [0, 0.05) is 19.2 Å². The van der Waals surface area contributed by atoms with Crippen LogP contribution in [0.25, 0.3) is 0 Å². The molecular weight excluding hydrogens is 256 g/mol. The fourth-order valence-electron chi connectivity index (χ4n) is 2.60. The molecule has 1 saturated heterocycles. The number of primary amides is 1. The third kappa shape index (κ3) is 2.68. The third-order valence-corrected chi connectivity index (χ3v) is 3.68. The molecule has 108 valence electrons. The zero-order chi connectivity index (χ0) is 14.7. The Morgan fingerprint density at radius 2 is 2.10 bits per heavy atom. The molecule has 1 aromatic carbocycles. The van der Waals surface area contributed by atoms with E-state index < -0.39 is 5.91 Å². The predicted molar refractivity (Wildman–Crippen MR) is 78.4 cm³/mol. The Bertz CT molecular complexity index is 530. The molecule has 5 N–H and O–H groups in total. The lowest BCUT2D eigenvalue weighted by molar-refractivity contribution is -0.122. The van der Waals surface area contributed by atoms with Gasteiger partial charge in [0.15, 0.2) is 0 Å². The highest BCUT2D eigenvalue weighted by atomic mass is 16.2. The number of rotatable bonds is 3. The van der Waals surface area contributed by atoms with E-state index in [4.69, 9.17) is 11.5 Å². The average Bonchev–Trinajstić information content (AvgIpc) is 2.46. The number of nitrogen functional groups attached to an aromatic ring is 1. The van der Waals surface area contributed by atoms with E-state index in [1.807, 2.05) is 4.90 Å². The number of hydrogen-bond donors (Lipinski definition) is 3. The molecule has 1 aliphatic heterocycles.